The minimum atomic E-state index is -0.760. The predicted molar refractivity (Wildman–Crippen MR) is 135 cm³/mol. The fourth-order valence-electron chi connectivity index (χ4n) is 5.06. The Morgan fingerprint density at radius 2 is 1.83 bits per heavy atom. The van der Waals surface area contributed by atoms with Crippen molar-refractivity contribution in [3.8, 4) is 11.5 Å². The smallest absolute Gasteiger partial charge is 0.295 e. The van der Waals surface area contributed by atoms with Crippen LogP contribution in [0.25, 0.3) is 5.76 Å². The molecule has 4 rings (SSSR count). The lowest BCUT2D eigenvalue weighted by molar-refractivity contribution is -0.140. The summed E-state index contributed by atoms with van der Waals surface area (Å²) < 4.78 is 16.6. The number of hydrogen-bond acceptors (Lipinski definition) is 7. The molecule has 1 amide bonds. The lowest BCUT2D eigenvalue weighted by atomic mass is 9.94. The predicted octanol–water partition coefficient (Wildman–Crippen LogP) is 3.10. The van der Waals surface area contributed by atoms with Crippen LogP contribution in [-0.2, 0) is 14.3 Å². The number of aryl methyl sites for hydroxylation is 2. The molecular weight excluding hydrogens is 462 g/mol. The van der Waals surface area contributed by atoms with E-state index in [0.29, 0.717) is 55.5 Å². The van der Waals surface area contributed by atoms with Crippen LogP contribution in [-0.4, -0.2) is 84.7 Å². The summed E-state index contributed by atoms with van der Waals surface area (Å²) in [6.07, 6.45) is 0. The zero-order chi connectivity index (χ0) is 26.0. The van der Waals surface area contributed by atoms with Gasteiger partial charge in [0.2, 0.25) is 0 Å². The van der Waals surface area contributed by atoms with E-state index in [9.17, 15) is 14.7 Å². The molecule has 0 spiro atoms. The first kappa shape index (κ1) is 25.8. The van der Waals surface area contributed by atoms with E-state index in [0.717, 1.165) is 30.0 Å². The summed E-state index contributed by atoms with van der Waals surface area (Å²) in [4.78, 5) is 33.7. The van der Waals surface area contributed by atoms with E-state index in [1.807, 2.05) is 33.8 Å². The van der Waals surface area contributed by atoms with Crippen molar-refractivity contribution in [2.75, 3.05) is 53.1 Å². The van der Waals surface area contributed by atoms with Crippen LogP contribution in [0.4, 0.5) is 0 Å². The molecule has 2 N–H and O–H groups in total. The minimum absolute atomic E-state index is 0.0818. The van der Waals surface area contributed by atoms with Crippen LogP contribution < -0.4 is 9.47 Å². The van der Waals surface area contributed by atoms with Gasteiger partial charge < -0.3 is 29.2 Å². The highest BCUT2D eigenvalue weighted by atomic mass is 16.5. The molecule has 0 saturated carbocycles. The van der Waals surface area contributed by atoms with Gasteiger partial charge in [0, 0.05) is 43.1 Å². The second kappa shape index (κ2) is 10.8. The molecule has 2 aliphatic heterocycles. The van der Waals surface area contributed by atoms with Crippen LogP contribution in [0.1, 0.15) is 41.0 Å². The van der Waals surface area contributed by atoms with Crippen molar-refractivity contribution in [3.05, 3.63) is 51.9 Å². The largest absolute Gasteiger partial charge is 0.507 e. The van der Waals surface area contributed by atoms with Crippen molar-refractivity contribution in [2.45, 2.75) is 33.7 Å². The Morgan fingerprint density at radius 3 is 2.44 bits per heavy atom. The number of H-pyrrole nitrogens is 1. The van der Waals surface area contributed by atoms with Gasteiger partial charge in [-0.05, 0) is 51.0 Å². The van der Waals surface area contributed by atoms with E-state index < -0.39 is 17.7 Å². The Kier molecular flexibility index (Phi) is 7.70. The van der Waals surface area contributed by atoms with Gasteiger partial charge in [0.1, 0.15) is 5.76 Å². The van der Waals surface area contributed by atoms with Crippen molar-refractivity contribution < 1.29 is 28.9 Å². The monoisotopic (exact) mass is 497 g/mol. The first-order valence-corrected chi connectivity index (χ1v) is 12.3. The molecule has 2 aliphatic rings. The number of nitrogens with one attached hydrogen (secondary N) is 1. The number of amides is 1. The maximum Gasteiger partial charge on any atom is 0.295 e. The van der Waals surface area contributed by atoms with Crippen molar-refractivity contribution in [3.63, 3.8) is 0 Å². The fraction of sp³-hybridized carbons (Fsp3) is 0.481. The third-order valence-electron chi connectivity index (χ3n) is 7.03. The lowest BCUT2D eigenvalue weighted by Crippen LogP contribution is -2.42. The normalized spacial score (nSPS) is 20.2. The van der Waals surface area contributed by atoms with Gasteiger partial charge in [-0.3, -0.25) is 14.5 Å². The van der Waals surface area contributed by atoms with E-state index in [4.69, 9.17) is 14.2 Å². The highest BCUT2D eigenvalue weighted by Gasteiger charge is 2.46. The van der Waals surface area contributed by atoms with Crippen LogP contribution in [0, 0.1) is 20.8 Å². The zero-order valence-corrected chi connectivity index (χ0v) is 21.6. The Balaban J connectivity index is 1.82. The highest BCUT2D eigenvalue weighted by molar-refractivity contribution is 6.46. The standard InChI is InChI=1S/C27H35N3O6/c1-6-36-20-8-7-19(15-21(20)34-5)24-23(25(31)22-16(2)17(3)28-18(22)4)26(32)27(33)30(24)10-9-29-11-13-35-14-12-29/h7-8,15,24,28,31H,6,9-14H2,1-5H3/b25-23+. The quantitative estimate of drug-likeness (QED) is 0.328. The first-order valence-electron chi connectivity index (χ1n) is 12.3. The third kappa shape index (κ3) is 4.73. The van der Waals surface area contributed by atoms with Crippen LogP contribution in [0.5, 0.6) is 11.5 Å². The summed E-state index contributed by atoms with van der Waals surface area (Å²) in [6, 6.07) is 4.61. The molecule has 1 unspecified atom stereocenters. The number of aliphatic hydroxyl groups excluding tert-OH is 1. The number of aromatic amines is 1. The zero-order valence-electron chi connectivity index (χ0n) is 21.6. The van der Waals surface area contributed by atoms with Gasteiger partial charge in [-0.1, -0.05) is 6.07 Å². The molecule has 194 valence electrons. The van der Waals surface area contributed by atoms with E-state index in [1.165, 1.54) is 0 Å². The number of hydrogen-bond donors (Lipinski definition) is 2. The van der Waals surface area contributed by atoms with Gasteiger partial charge >= 0.3 is 0 Å². The van der Waals surface area contributed by atoms with Gasteiger partial charge in [-0.25, -0.2) is 0 Å². The highest BCUT2D eigenvalue weighted by Crippen LogP contribution is 2.42. The molecule has 0 bridgehead atoms. The Labute approximate surface area is 211 Å². The summed E-state index contributed by atoms with van der Waals surface area (Å²) in [7, 11) is 1.55. The van der Waals surface area contributed by atoms with Crippen LogP contribution in [0.2, 0.25) is 0 Å². The molecule has 36 heavy (non-hydrogen) atoms. The second-order valence-electron chi connectivity index (χ2n) is 9.16. The van der Waals surface area contributed by atoms with Crippen LogP contribution in [0.3, 0.4) is 0 Å². The molecule has 2 saturated heterocycles. The van der Waals surface area contributed by atoms with Gasteiger partial charge in [0.05, 0.1) is 38.5 Å². The van der Waals surface area contributed by atoms with Crippen molar-refractivity contribution in [1.29, 1.82) is 0 Å². The Bertz CT molecular complexity index is 1180. The number of benzene rings is 1. The number of nitrogens with zero attached hydrogens (tertiary/aromatic N) is 2. The number of methoxy groups -OCH3 is 1. The molecule has 1 aromatic heterocycles. The summed E-state index contributed by atoms with van der Waals surface area (Å²) >= 11 is 0. The van der Waals surface area contributed by atoms with Gasteiger partial charge in [0.15, 0.2) is 11.5 Å². The maximum absolute atomic E-state index is 13.4. The van der Waals surface area contributed by atoms with Crippen molar-refractivity contribution in [2.24, 2.45) is 0 Å². The number of morpholine rings is 1. The summed E-state index contributed by atoms with van der Waals surface area (Å²) in [5.41, 5.74) is 3.79. The number of ketones is 1. The maximum atomic E-state index is 13.4. The molecule has 2 aromatic rings. The van der Waals surface area contributed by atoms with Crippen LogP contribution in [0.15, 0.2) is 23.8 Å². The van der Waals surface area contributed by atoms with E-state index >= 15 is 0 Å². The van der Waals surface area contributed by atoms with Gasteiger partial charge in [0.25, 0.3) is 11.7 Å². The van der Waals surface area contributed by atoms with E-state index in [2.05, 4.69) is 9.88 Å². The molecule has 9 heteroatoms. The molecule has 2 fully saturated rings. The molecule has 9 nitrogen and oxygen atoms in total. The number of carbonyl (C=O) groups is 2. The topological polar surface area (TPSA) is 104 Å². The Morgan fingerprint density at radius 1 is 1.11 bits per heavy atom. The molecular formula is C27H35N3O6. The van der Waals surface area contributed by atoms with Crippen LogP contribution >= 0.6 is 0 Å². The summed E-state index contributed by atoms with van der Waals surface area (Å²) in [6.45, 7) is 11.8. The van der Waals surface area contributed by atoms with Crippen molar-refractivity contribution >= 4 is 17.4 Å². The SMILES string of the molecule is CCOc1ccc(C2/C(=C(\O)c3c(C)[nH]c(C)c3C)C(=O)C(=O)N2CCN2CCOCC2)cc1OC. The molecule has 3 heterocycles. The molecule has 0 radical (unpaired) electrons. The Hall–Kier alpha value is -3.30. The first-order chi connectivity index (χ1) is 17.3. The summed E-state index contributed by atoms with van der Waals surface area (Å²) in [5.74, 6) is -0.408. The van der Waals surface area contributed by atoms with Gasteiger partial charge in [-0.15, -0.1) is 0 Å². The minimum Gasteiger partial charge on any atom is -0.507 e. The average Bonchev–Trinajstić information content (AvgIpc) is 3.28. The fourth-order valence-corrected chi connectivity index (χ4v) is 5.06. The second-order valence-corrected chi connectivity index (χ2v) is 9.16. The number of rotatable bonds is 8. The third-order valence-corrected chi connectivity index (χ3v) is 7.03. The number of Topliss-reactive ketones (excluding diaryl/α,β-unsaturated/α-hetero) is 1. The molecule has 0 aliphatic carbocycles. The van der Waals surface area contributed by atoms with Crippen molar-refractivity contribution in [1.82, 2.24) is 14.8 Å². The molecule has 1 atom stereocenters. The average molecular weight is 498 g/mol. The number of ether oxygens (including phenoxy) is 3. The number of aromatic nitrogens is 1. The number of aliphatic hydroxyl groups is 1. The molecule has 1 aromatic carbocycles. The van der Waals surface area contributed by atoms with E-state index in [1.54, 1.807) is 24.1 Å². The van der Waals surface area contributed by atoms with Gasteiger partial charge in [-0.2, -0.15) is 0 Å². The summed E-state index contributed by atoms with van der Waals surface area (Å²) in [5, 5.41) is 11.5. The lowest BCUT2D eigenvalue weighted by Gasteiger charge is -2.31. The number of likely N-dealkylation sites (tertiary alicyclic amines) is 1. The van der Waals surface area contributed by atoms with E-state index in [-0.39, 0.29) is 11.3 Å². The number of carbonyl (C=O) groups excluding carboxylic acids is 2.